The Morgan fingerprint density at radius 1 is 1.13 bits per heavy atom. The van der Waals surface area contributed by atoms with E-state index in [1.807, 2.05) is 45.9 Å². The van der Waals surface area contributed by atoms with E-state index < -0.39 is 24.8 Å². The molecule has 128 valence electrons. The minimum absolute atomic E-state index is 0.185. The fraction of sp³-hybridized carbons (Fsp3) is 0.529. The summed E-state index contributed by atoms with van der Waals surface area (Å²) in [6.45, 7) is 7.50. The zero-order valence-electron chi connectivity index (χ0n) is 14.3. The minimum atomic E-state index is -1.46. The van der Waals surface area contributed by atoms with Gasteiger partial charge in [0.25, 0.3) is 0 Å². The summed E-state index contributed by atoms with van der Waals surface area (Å²) in [4.78, 5) is 23.3. The largest absolute Gasteiger partial charge is 0.451 e. The Labute approximate surface area is 136 Å². The van der Waals surface area contributed by atoms with Crippen molar-refractivity contribution >= 4 is 11.9 Å². The van der Waals surface area contributed by atoms with Gasteiger partial charge >= 0.3 is 11.9 Å². The zero-order chi connectivity index (χ0) is 17.6. The molecular weight excluding hydrogens is 298 g/mol. The molecule has 6 heteroatoms. The van der Waals surface area contributed by atoms with Crippen LogP contribution < -0.4 is 10.1 Å². The third-order valence-corrected chi connectivity index (χ3v) is 3.36. The van der Waals surface area contributed by atoms with Crippen molar-refractivity contribution in [2.24, 2.45) is 0 Å². The first-order chi connectivity index (χ1) is 10.8. The highest BCUT2D eigenvalue weighted by atomic mass is 16.6. The molecule has 0 spiro atoms. The molecule has 2 N–H and O–H groups in total. The van der Waals surface area contributed by atoms with Gasteiger partial charge in [-0.3, -0.25) is 5.32 Å². The molecule has 0 bridgehead atoms. The predicted octanol–water partition coefficient (Wildman–Crippen LogP) is 1.92. The molecule has 1 unspecified atom stereocenters. The maximum atomic E-state index is 12.0. The van der Waals surface area contributed by atoms with Crippen molar-refractivity contribution in [3.05, 3.63) is 29.3 Å². The number of aliphatic hydroxyl groups excluding tert-OH is 1. The third-order valence-electron chi connectivity index (χ3n) is 3.36. The fourth-order valence-electron chi connectivity index (χ4n) is 2.07. The summed E-state index contributed by atoms with van der Waals surface area (Å²) in [6, 6.07) is 5.76. The number of esters is 2. The number of benzene rings is 1. The predicted molar refractivity (Wildman–Crippen MR) is 86.3 cm³/mol. The first-order valence-corrected chi connectivity index (χ1v) is 7.63. The van der Waals surface area contributed by atoms with Crippen LogP contribution in [0, 0.1) is 0 Å². The molecular formula is C17H25NO5. The Balaban J connectivity index is 2.87. The van der Waals surface area contributed by atoms with Crippen molar-refractivity contribution in [2.45, 2.75) is 45.8 Å². The highest BCUT2D eigenvalue weighted by molar-refractivity contribution is 5.80. The van der Waals surface area contributed by atoms with Crippen molar-refractivity contribution in [1.29, 1.82) is 0 Å². The molecule has 6 nitrogen and oxygen atoms in total. The summed E-state index contributed by atoms with van der Waals surface area (Å²) in [5.74, 6) is -0.717. The number of aliphatic hydroxyl groups is 1. The molecule has 0 heterocycles. The summed E-state index contributed by atoms with van der Waals surface area (Å²) >= 11 is 0. The molecule has 0 amide bonds. The van der Waals surface area contributed by atoms with E-state index in [4.69, 9.17) is 9.47 Å². The summed E-state index contributed by atoms with van der Waals surface area (Å²) in [6.07, 6.45) is -1.46. The second-order valence-corrected chi connectivity index (χ2v) is 5.85. The molecule has 0 aromatic heterocycles. The van der Waals surface area contributed by atoms with E-state index in [0.717, 1.165) is 11.1 Å². The van der Waals surface area contributed by atoms with E-state index in [-0.39, 0.29) is 11.8 Å². The average Bonchev–Trinajstić information content (AvgIpc) is 2.51. The fourth-order valence-corrected chi connectivity index (χ4v) is 2.07. The summed E-state index contributed by atoms with van der Waals surface area (Å²) in [7, 11) is 1.40. The van der Waals surface area contributed by atoms with Gasteiger partial charge in [-0.1, -0.05) is 45.9 Å². The first kappa shape index (κ1) is 19.1. The van der Waals surface area contributed by atoms with Crippen LogP contribution in [-0.4, -0.2) is 36.9 Å². The number of carbonyl (C=O) groups is 2. The smallest absolute Gasteiger partial charge is 0.350 e. The first-order valence-electron chi connectivity index (χ1n) is 7.63. The van der Waals surface area contributed by atoms with Crippen molar-refractivity contribution < 1.29 is 24.2 Å². The quantitative estimate of drug-likeness (QED) is 0.453. The molecule has 1 atom stereocenters. The lowest BCUT2D eigenvalue weighted by molar-refractivity contribution is -0.161. The van der Waals surface area contributed by atoms with Crippen LogP contribution in [0.1, 0.15) is 50.7 Å². The number of carbonyl (C=O) groups excluding carboxylic acids is 2. The van der Waals surface area contributed by atoms with Crippen LogP contribution >= 0.6 is 0 Å². The van der Waals surface area contributed by atoms with Crippen LogP contribution in [0.4, 0.5) is 0 Å². The van der Waals surface area contributed by atoms with Gasteiger partial charge in [0, 0.05) is 0 Å². The van der Waals surface area contributed by atoms with Gasteiger partial charge in [0.05, 0.1) is 0 Å². The van der Waals surface area contributed by atoms with Gasteiger partial charge in [0.15, 0.2) is 6.61 Å². The van der Waals surface area contributed by atoms with Gasteiger partial charge in [-0.05, 0) is 30.0 Å². The average molecular weight is 323 g/mol. The van der Waals surface area contributed by atoms with Gasteiger partial charge < -0.3 is 14.6 Å². The van der Waals surface area contributed by atoms with Crippen molar-refractivity contribution in [3.8, 4) is 5.75 Å². The second kappa shape index (κ2) is 8.64. The van der Waals surface area contributed by atoms with Gasteiger partial charge in [0.2, 0.25) is 6.23 Å². The van der Waals surface area contributed by atoms with E-state index in [9.17, 15) is 14.7 Å². The summed E-state index contributed by atoms with van der Waals surface area (Å²) in [5.41, 5.74) is 1.84. The number of likely N-dealkylation sites (N-methyl/N-ethyl adjacent to an activating group) is 1. The summed E-state index contributed by atoms with van der Waals surface area (Å²) in [5, 5.41) is 11.5. The standard InChI is InChI=1S/C17H25NO5/c1-10(2)12-7-6-8-13(11(3)4)15(12)23-14(19)9-22-17(21)16(20)18-5/h6-8,10-11,16,18,20H,9H2,1-5H3. The third kappa shape index (κ3) is 5.33. The molecule has 0 saturated heterocycles. The molecule has 0 aliphatic carbocycles. The SMILES string of the molecule is CNC(O)C(=O)OCC(=O)Oc1c(C(C)C)cccc1C(C)C. The molecule has 0 radical (unpaired) electrons. The lowest BCUT2D eigenvalue weighted by Crippen LogP contribution is -2.36. The molecule has 0 fully saturated rings. The maximum absolute atomic E-state index is 12.0. The minimum Gasteiger partial charge on any atom is -0.451 e. The molecule has 1 aromatic carbocycles. The van der Waals surface area contributed by atoms with E-state index in [1.54, 1.807) is 0 Å². The van der Waals surface area contributed by atoms with Crippen LogP contribution in [0.5, 0.6) is 5.75 Å². The molecule has 1 rings (SSSR count). The highest BCUT2D eigenvalue weighted by Gasteiger charge is 2.20. The van der Waals surface area contributed by atoms with Crippen LogP contribution in [0.15, 0.2) is 18.2 Å². The normalized spacial score (nSPS) is 12.3. The van der Waals surface area contributed by atoms with E-state index >= 15 is 0 Å². The molecule has 0 aliphatic rings. The van der Waals surface area contributed by atoms with Gasteiger partial charge in [0.1, 0.15) is 5.75 Å². The Bertz CT molecular complexity index is 528. The number of nitrogens with one attached hydrogen (secondary N) is 1. The Morgan fingerprint density at radius 3 is 2.09 bits per heavy atom. The van der Waals surface area contributed by atoms with Gasteiger partial charge in [-0.15, -0.1) is 0 Å². The lowest BCUT2D eigenvalue weighted by Gasteiger charge is -2.19. The number of hydrogen-bond acceptors (Lipinski definition) is 6. The lowest BCUT2D eigenvalue weighted by atomic mass is 9.94. The monoisotopic (exact) mass is 323 g/mol. The number of ether oxygens (including phenoxy) is 2. The van der Waals surface area contributed by atoms with E-state index in [2.05, 4.69) is 5.32 Å². The summed E-state index contributed by atoms with van der Waals surface area (Å²) < 4.78 is 10.1. The maximum Gasteiger partial charge on any atom is 0.350 e. The van der Waals surface area contributed by atoms with E-state index in [0.29, 0.717) is 5.75 Å². The zero-order valence-corrected chi connectivity index (χ0v) is 14.3. The molecule has 0 saturated carbocycles. The second-order valence-electron chi connectivity index (χ2n) is 5.85. The molecule has 0 aliphatic heterocycles. The number of para-hydroxylation sites is 1. The Kier molecular flexibility index (Phi) is 7.19. The number of hydrogen-bond donors (Lipinski definition) is 2. The highest BCUT2D eigenvalue weighted by Crippen LogP contribution is 2.34. The van der Waals surface area contributed by atoms with E-state index in [1.165, 1.54) is 7.05 Å². The van der Waals surface area contributed by atoms with Crippen LogP contribution in [0.25, 0.3) is 0 Å². The molecule has 23 heavy (non-hydrogen) atoms. The van der Waals surface area contributed by atoms with Crippen LogP contribution in [0.2, 0.25) is 0 Å². The molecule has 1 aromatic rings. The number of rotatable bonds is 7. The van der Waals surface area contributed by atoms with Crippen molar-refractivity contribution in [3.63, 3.8) is 0 Å². The van der Waals surface area contributed by atoms with Crippen molar-refractivity contribution in [1.82, 2.24) is 5.32 Å². The Morgan fingerprint density at radius 2 is 1.65 bits per heavy atom. The topological polar surface area (TPSA) is 84.9 Å². The van der Waals surface area contributed by atoms with Gasteiger partial charge in [-0.2, -0.15) is 0 Å². The van der Waals surface area contributed by atoms with Crippen LogP contribution in [0.3, 0.4) is 0 Å². The van der Waals surface area contributed by atoms with Crippen molar-refractivity contribution in [2.75, 3.05) is 13.7 Å². The Hall–Kier alpha value is -1.92. The van der Waals surface area contributed by atoms with Crippen LogP contribution in [-0.2, 0) is 14.3 Å². The van der Waals surface area contributed by atoms with Gasteiger partial charge in [-0.25, -0.2) is 9.59 Å².